The highest BCUT2D eigenvalue weighted by Crippen LogP contribution is 2.18. The molecule has 0 aliphatic rings. The van der Waals surface area contributed by atoms with Gasteiger partial charge in [0, 0.05) is 0 Å². The standard InChI is InChI=1S/C9H17O2/c1-5-6-11-8(10)7-9(2,3)4/h5H,6-7H2,1-4H3. The lowest BCUT2D eigenvalue weighted by Gasteiger charge is -2.16. The van der Waals surface area contributed by atoms with Crippen molar-refractivity contribution in [2.24, 2.45) is 5.41 Å². The highest BCUT2D eigenvalue weighted by atomic mass is 16.5. The number of ether oxygens (including phenoxy) is 1. The molecule has 0 aromatic heterocycles. The third-order valence-corrected chi connectivity index (χ3v) is 1.09. The van der Waals surface area contributed by atoms with E-state index in [2.05, 4.69) is 0 Å². The van der Waals surface area contributed by atoms with Crippen LogP contribution in [-0.4, -0.2) is 12.6 Å². The van der Waals surface area contributed by atoms with Crippen LogP contribution in [0.25, 0.3) is 0 Å². The Balaban J connectivity index is 3.53. The van der Waals surface area contributed by atoms with Crippen LogP contribution >= 0.6 is 0 Å². The van der Waals surface area contributed by atoms with Crippen molar-refractivity contribution in [2.75, 3.05) is 6.61 Å². The largest absolute Gasteiger partial charge is 0.465 e. The average molecular weight is 157 g/mol. The second-order valence-electron chi connectivity index (χ2n) is 3.83. The summed E-state index contributed by atoms with van der Waals surface area (Å²) in [5, 5.41) is 0. The normalized spacial score (nSPS) is 11.3. The van der Waals surface area contributed by atoms with Gasteiger partial charge in [0.25, 0.3) is 0 Å². The van der Waals surface area contributed by atoms with Crippen molar-refractivity contribution < 1.29 is 9.53 Å². The summed E-state index contributed by atoms with van der Waals surface area (Å²) in [5.41, 5.74) is 0.0326. The van der Waals surface area contributed by atoms with E-state index >= 15 is 0 Å². The fourth-order valence-corrected chi connectivity index (χ4v) is 0.660. The molecule has 0 amide bonds. The molecule has 1 radical (unpaired) electrons. The molecule has 11 heavy (non-hydrogen) atoms. The maximum Gasteiger partial charge on any atom is 0.306 e. The van der Waals surface area contributed by atoms with Gasteiger partial charge in [0.05, 0.1) is 13.0 Å². The monoisotopic (exact) mass is 157 g/mol. The van der Waals surface area contributed by atoms with Gasteiger partial charge in [-0.2, -0.15) is 0 Å². The zero-order chi connectivity index (χ0) is 8.91. The maximum atomic E-state index is 11.0. The molecular formula is C9H17O2. The Morgan fingerprint density at radius 3 is 2.36 bits per heavy atom. The van der Waals surface area contributed by atoms with E-state index < -0.39 is 0 Å². The van der Waals surface area contributed by atoms with Crippen LogP contribution in [0, 0.1) is 11.8 Å². The molecule has 65 valence electrons. The smallest absolute Gasteiger partial charge is 0.306 e. The third-order valence-electron chi connectivity index (χ3n) is 1.09. The lowest BCUT2D eigenvalue weighted by Crippen LogP contribution is -2.15. The van der Waals surface area contributed by atoms with Gasteiger partial charge < -0.3 is 4.74 Å². The summed E-state index contributed by atoms with van der Waals surface area (Å²) in [7, 11) is 0. The maximum absolute atomic E-state index is 11.0. The zero-order valence-corrected chi connectivity index (χ0v) is 7.81. The Kier molecular flexibility index (Phi) is 4.16. The van der Waals surface area contributed by atoms with Gasteiger partial charge in [0.2, 0.25) is 0 Å². The predicted octanol–water partition coefficient (Wildman–Crippen LogP) is 2.19. The first kappa shape index (κ1) is 10.5. The summed E-state index contributed by atoms with van der Waals surface area (Å²) in [6.07, 6.45) is 2.31. The van der Waals surface area contributed by atoms with Crippen molar-refractivity contribution >= 4 is 5.97 Å². The molecule has 0 N–H and O–H groups in total. The molecule has 0 aromatic carbocycles. The zero-order valence-electron chi connectivity index (χ0n) is 7.81. The number of carbonyl (C=O) groups excluding carboxylic acids is 1. The number of hydrogen-bond donors (Lipinski definition) is 0. The number of rotatable bonds is 3. The first-order valence-electron chi connectivity index (χ1n) is 3.89. The summed E-state index contributed by atoms with van der Waals surface area (Å²) in [6.45, 7) is 8.34. The van der Waals surface area contributed by atoms with Crippen molar-refractivity contribution in [1.82, 2.24) is 0 Å². The van der Waals surface area contributed by atoms with E-state index in [9.17, 15) is 4.79 Å². The van der Waals surface area contributed by atoms with Crippen molar-refractivity contribution in [3.8, 4) is 0 Å². The molecule has 0 aromatic rings. The molecule has 0 saturated carbocycles. The first-order chi connectivity index (χ1) is 4.95. The van der Waals surface area contributed by atoms with E-state index in [4.69, 9.17) is 4.74 Å². The van der Waals surface area contributed by atoms with Crippen LogP contribution in [0.3, 0.4) is 0 Å². The number of esters is 1. The van der Waals surface area contributed by atoms with Gasteiger partial charge >= 0.3 is 5.97 Å². The van der Waals surface area contributed by atoms with E-state index in [0.717, 1.165) is 0 Å². The van der Waals surface area contributed by atoms with E-state index in [1.54, 1.807) is 0 Å². The SMILES string of the molecule is C[CH]COC(=O)CC(C)(C)C. The molecule has 0 heterocycles. The number of carbonyl (C=O) groups is 1. The lowest BCUT2D eigenvalue weighted by atomic mass is 9.92. The minimum atomic E-state index is -0.115. The Labute approximate surface area is 68.9 Å². The van der Waals surface area contributed by atoms with Crippen LogP contribution in [0.4, 0.5) is 0 Å². The fraction of sp³-hybridized carbons (Fsp3) is 0.778. The minimum Gasteiger partial charge on any atom is -0.465 e. The average Bonchev–Trinajstić information content (AvgIpc) is 1.79. The quantitative estimate of drug-likeness (QED) is 0.587. The highest BCUT2D eigenvalue weighted by molar-refractivity contribution is 5.70. The second-order valence-corrected chi connectivity index (χ2v) is 3.83. The van der Waals surface area contributed by atoms with Crippen LogP contribution < -0.4 is 0 Å². The van der Waals surface area contributed by atoms with Crippen molar-refractivity contribution in [3.63, 3.8) is 0 Å². The minimum absolute atomic E-state index is 0.0326. The lowest BCUT2D eigenvalue weighted by molar-refractivity contribution is -0.144. The molecule has 0 atom stereocenters. The predicted molar refractivity (Wildman–Crippen MR) is 45.0 cm³/mol. The second kappa shape index (κ2) is 4.37. The van der Waals surface area contributed by atoms with Crippen LogP contribution in [0.5, 0.6) is 0 Å². The molecule has 2 nitrogen and oxygen atoms in total. The summed E-state index contributed by atoms with van der Waals surface area (Å²) in [5.74, 6) is -0.115. The summed E-state index contributed by atoms with van der Waals surface area (Å²) < 4.78 is 4.87. The Morgan fingerprint density at radius 1 is 1.45 bits per heavy atom. The molecule has 0 aliphatic carbocycles. The Morgan fingerprint density at radius 2 is 2.00 bits per heavy atom. The van der Waals surface area contributed by atoms with Crippen molar-refractivity contribution in [3.05, 3.63) is 6.42 Å². The van der Waals surface area contributed by atoms with Crippen molar-refractivity contribution in [1.29, 1.82) is 0 Å². The Bertz CT molecular complexity index is 122. The van der Waals surface area contributed by atoms with Gasteiger partial charge in [0.1, 0.15) is 0 Å². The first-order valence-corrected chi connectivity index (χ1v) is 3.89. The summed E-state index contributed by atoms with van der Waals surface area (Å²) >= 11 is 0. The topological polar surface area (TPSA) is 26.3 Å². The van der Waals surface area contributed by atoms with Gasteiger partial charge in [-0.3, -0.25) is 4.79 Å². The van der Waals surface area contributed by atoms with Crippen LogP contribution in [-0.2, 0) is 9.53 Å². The summed E-state index contributed by atoms with van der Waals surface area (Å²) in [6, 6.07) is 0. The van der Waals surface area contributed by atoms with E-state index in [0.29, 0.717) is 13.0 Å². The van der Waals surface area contributed by atoms with Crippen LogP contribution in [0.2, 0.25) is 0 Å². The molecular weight excluding hydrogens is 140 g/mol. The molecule has 0 rings (SSSR count). The molecule has 0 bridgehead atoms. The molecule has 0 spiro atoms. The third kappa shape index (κ3) is 7.37. The van der Waals surface area contributed by atoms with Gasteiger partial charge in [0.15, 0.2) is 0 Å². The van der Waals surface area contributed by atoms with E-state index in [-0.39, 0.29) is 11.4 Å². The van der Waals surface area contributed by atoms with Gasteiger partial charge in [-0.15, -0.1) is 0 Å². The molecule has 2 heteroatoms. The van der Waals surface area contributed by atoms with Crippen LogP contribution in [0.15, 0.2) is 0 Å². The fourth-order valence-electron chi connectivity index (χ4n) is 0.660. The summed E-state index contributed by atoms with van der Waals surface area (Å²) in [4.78, 5) is 11.0. The van der Waals surface area contributed by atoms with Gasteiger partial charge in [-0.25, -0.2) is 0 Å². The number of hydrogen-bond acceptors (Lipinski definition) is 2. The molecule has 0 aliphatic heterocycles. The molecule has 0 unspecified atom stereocenters. The Hall–Kier alpha value is -0.530. The van der Waals surface area contributed by atoms with Gasteiger partial charge in [-0.05, 0) is 11.8 Å². The molecule has 0 saturated heterocycles. The van der Waals surface area contributed by atoms with Crippen molar-refractivity contribution in [2.45, 2.75) is 34.1 Å². The van der Waals surface area contributed by atoms with Crippen LogP contribution in [0.1, 0.15) is 34.1 Å². The molecule has 0 fully saturated rings. The van der Waals surface area contributed by atoms with E-state index in [1.807, 2.05) is 34.1 Å². The highest BCUT2D eigenvalue weighted by Gasteiger charge is 2.16. The van der Waals surface area contributed by atoms with E-state index in [1.165, 1.54) is 0 Å². The van der Waals surface area contributed by atoms with Gasteiger partial charge in [-0.1, -0.05) is 27.7 Å².